The van der Waals surface area contributed by atoms with Gasteiger partial charge >= 0.3 is 0 Å². The van der Waals surface area contributed by atoms with Gasteiger partial charge in [-0.1, -0.05) is 11.6 Å². The van der Waals surface area contributed by atoms with Crippen LogP contribution in [0.5, 0.6) is 0 Å². The maximum Gasteiger partial charge on any atom is 0.225 e. The lowest BCUT2D eigenvalue weighted by atomic mass is 10.5. The Labute approximate surface area is 102 Å². The van der Waals surface area contributed by atoms with E-state index in [1.807, 2.05) is 13.8 Å². The lowest BCUT2D eigenvalue weighted by molar-refractivity contribution is 0.0272. The Morgan fingerprint density at radius 1 is 1.44 bits per heavy atom. The first kappa shape index (κ1) is 11.6. The minimum atomic E-state index is -0.169. The molecule has 0 saturated heterocycles. The summed E-state index contributed by atoms with van der Waals surface area (Å²) in [5, 5.41) is 0.348. The molecule has 0 aliphatic carbocycles. The van der Waals surface area contributed by atoms with Gasteiger partial charge in [-0.2, -0.15) is 4.98 Å². The molecule has 1 atom stereocenters. The van der Waals surface area contributed by atoms with E-state index in [2.05, 4.69) is 15.0 Å². The number of nitrogens with zero attached hydrogens (tertiary/aromatic N) is 4. The molecule has 0 aromatic carbocycles. The van der Waals surface area contributed by atoms with E-state index in [9.17, 15) is 0 Å². The van der Waals surface area contributed by atoms with Crippen molar-refractivity contribution in [1.82, 2.24) is 19.5 Å². The molecular weight excluding hydrogens is 251 g/mol. The van der Waals surface area contributed by atoms with Gasteiger partial charge in [0.15, 0.2) is 10.8 Å². The molecule has 0 saturated carbocycles. The van der Waals surface area contributed by atoms with Crippen molar-refractivity contribution in [2.45, 2.75) is 20.1 Å². The summed E-state index contributed by atoms with van der Waals surface area (Å²) in [7, 11) is 0. The average molecular weight is 261 g/mol. The molecule has 0 amide bonds. The molecule has 0 spiro atoms. The Morgan fingerprint density at radius 2 is 2.19 bits per heavy atom. The Bertz CT molecular complexity index is 513. The zero-order valence-electron chi connectivity index (χ0n) is 8.81. The van der Waals surface area contributed by atoms with Gasteiger partial charge in [-0.3, -0.25) is 4.57 Å². The maximum atomic E-state index is 5.91. The summed E-state index contributed by atoms with van der Waals surface area (Å²) in [6, 6.07) is 0. The Morgan fingerprint density at radius 3 is 2.88 bits per heavy atom. The van der Waals surface area contributed by atoms with E-state index in [4.69, 9.17) is 27.9 Å². The number of halogens is 2. The van der Waals surface area contributed by atoms with E-state index in [1.54, 1.807) is 10.9 Å². The van der Waals surface area contributed by atoms with Gasteiger partial charge in [0.25, 0.3) is 0 Å². The third kappa shape index (κ3) is 1.98. The molecule has 0 N–H and O–H groups in total. The number of ether oxygens (including phenoxy) is 1. The van der Waals surface area contributed by atoms with Gasteiger partial charge in [-0.15, -0.1) is 0 Å². The van der Waals surface area contributed by atoms with Gasteiger partial charge in [-0.05, 0) is 25.4 Å². The lowest BCUT2D eigenvalue weighted by Gasteiger charge is -2.13. The van der Waals surface area contributed by atoms with Crippen molar-refractivity contribution in [2.24, 2.45) is 0 Å². The Hall–Kier alpha value is -0.910. The van der Waals surface area contributed by atoms with Crippen LogP contribution in [0.25, 0.3) is 11.2 Å². The fraction of sp³-hybridized carbons (Fsp3) is 0.444. The Balaban J connectivity index is 2.55. The molecule has 5 nitrogen and oxygen atoms in total. The standard InChI is InChI=1S/C9H10Cl2N4O/c1-3-16-5(2)15-4-12-6-7(10)13-9(11)14-8(6)15/h4-5H,3H2,1-2H3. The molecule has 2 rings (SSSR count). The lowest BCUT2D eigenvalue weighted by Crippen LogP contribution is -2.08. The third-order valence-electron chi connectivity index (χ3n) is 2.15. The topological polar surface area (TPSA) is 52.8 Å². The van der Waals surface area contributed by atoms with Crippen LogP contribution < -0.4 is 0 Å². The van der Waals surface area contributed by atoms with Gasteiger partial charge in [0.1, 0.15) is 11.7 Å². The van der Waals surface area contributed by atoms with E-state index >= 15 is 0 Å². The molecule has 0 aliphatic rings. The molecule has 2 heterocycles. The highest BCUT2D eigenvalue weighted by Gasteiger charge is 2.14. The summed E-state index contributed by atoms with van der Waals surface area (Å²) in [5.41, 5.74) is 1.10. The van der Waals surface area contributed by atoms with E-state index < -0.39 is 0 Å². The van der Waals surface area contributed by atoms with Crippen molar-refractivity contribution in [3.05, 3.63) is 16.8 Å². The SMILES string of the molecule is CCOC(C)n1cnc2c(Cl)nc(Cl)nc21. The monoisotopic (exact) mass is 260 g/mol. The van der Waals surface area contributed by atoms with Crippen LogP contribution in [0.2, 0.25) is 10.4 Å². The van der Waals surface area contributed by atoms with E-state index in [0.717, 1.165) is 0 Å². The van der Waals surface area contributed by atoms with E-state index in [1.165, 1.54) is 0 Å². The fourth-order valence-corrected chi connectivity index (χ4v) is 1.87. The second kappa shape index (κ2) is 4.53. The number of hydrogen-bond donors (Lipinski definition) is 0. The third-order valence-corrected chi connectivity index (χ3v) is 2.58. The smallest absolute Gasteiger partial charge is 0.225 e. The summed E-state index contributed by atoms with van der Waals surface area (Å²) >= 11 is 11.7. The van der Waals surface area contributed by atoms with Crippen molar-refractivity contribution in [3.8, 4) is 0 Å². The second-order valence-corrected chi connectivity index (χ2v) is 3.86. The molecule has 7 heteroatoms. The van der Waals surface area contributed by atoms with Gasteiger partial charge in [0, 0.05) is 6.61 Å². The first-order chi connectivity index (χ1) is 7.63. The van der Waals surface area contributed by atoms with Gasteiger partial charge in [0.05, 0.1) is 6.33 Å². The largest absolute Gasteiger partial charge is 0.359 e. The highest BCUT2D eigenvalue weighted by molar-refractivity contribution is 6.35. The summed E-state index contributed by atoms with van der Waals surface area (Å²) in [6.07, 6.45) is 1.44. The van der Waals surface area contributed by atoms with Crippen molar-refractivity contribution in [3.63, 3.8) is 0 Å². The summed E-state index contributed by atoms with van der Waals surface area (Å²) in [4.78, 5) is 12.0. The van der Waals surface area contributed by atoms with Crippen LogP contribution in [0.1, 0.15) is 20.1 Å². The van der Waals surface area contributed by atoms with E-state index in [-0.39, 0.29) is 16.7 Å². The minimum absolute atomic E-state index is 0.1000. The molecule has 0 radical (unpaired) electrons. The first-order valence-electron chi connectivity index (χ1n) is 4.80. The molecule has 86 valence electrons. The second-order valence-electron chi connectivity index (χ2n) is 3.16. The summed E-state index contributed by atoms with van der Waals surface area (Å²) < 4.78 is 7.21. The first-order valence-corrected chi connectivity index (χ1v) is 5.56. The van der Waals surface area contributed by atoms with Crippen LogP contribution in [0.15, 0.2) is 6.33 Å². The molecule has 2 aromatic heterocycles. The van der Waals surface area contributed by atoms with E-state index in [0.29, 0.717) is 17.8 Å². The number of rotatable bonds is 3. The van der Waals surface area contributed by atoms with Crippen LogP contribution in [-0.4, -0.2) is 26.1 Å². The number of imidazole rings is 1. The predicted octanol–water partition coefficient (Wildman–Crippen LogP) is 2.69. The highest BCUT2D eigenvalue weighted by Crippen LogP contribution is 2.23. The summed E-state index contributed by atoms with van der Waals surface area (Å²) in [6.45, 7) is 4.42. The molecule has 0 bridgehead atoms. The Kier molecular flexibility index (Phi) is 3.28. The van der Waals surface area contributed by atoms with Crippen molar-refractivity contribution >= 4 is 34.4 Å². The maximum absolute atomic E-state index is 5.91. The number of aromatic nitrogens is 4. The van der Waals surface area contributed by atoms with Crippen molar-refractivity contribution in [2.75, 3.05) is 6.61 Å². The molecule has 0 fully saturated rings. The van der Waals surface area contributed by atoms with Crippen LogP contribution in [0, 0.1) is 0 Å². The number of fused-ring (bicyclic) bond motifs is 1. The van der Waals surface area contributed by atoms with Crippen LogP contribution in [-0.2, 0) is 4.74 Å². The molecule has 1 unspecified atom stereocenters. The van der Waals surface area contributed by atoms with Crippen molar-refractivity contribution < 1.29 is 4.74 Å². The zero-order valence-corrected chi connectivity index (χ0v) is 10.3. The molecular formula is C9H10Cl2N4O. The molecule has 16 heavy (non-hydrogen) atoms. The fourth-order valence-electron chi connectivity index (χ4n) is 1.44. The highest BCUT2D eigenvalue weighted by atomic mass is 35.5. The predicted molar refractivity (Wildman–Crippen MR) is 61.7 cm³/mol. The quantitative estimate of drug-likeness (QED) is 0.629. The number of hydrogen-bond acceptors (Lipinski definition) is 4. The summed E-state index contributed by atoms with van der Waals surface area (Å²) in [5.74, 6) is 0. The van der Waals surface area contributed by atoms with Crippen LogP contribution >= 0.6 is 23.2 Å². The molecule has 2 aromatic rings. The minimum Gasteiger partial charge on any atom is -0.359 e. The average Bonchev–Trinajstić information content (AvgIpc) is 2.61. The van der Waals surface area contributed by atoms with Crippen LogP contribution in [0.4, 0.5) is 0 Å². The zero-order chi connectivity index (χ0) is 11.7. The normalized spacial score (nSPS) is 13.2. The van der Waals surface area contributed by atoms with Crippen molar-refractivity contribution in [1.29, 1.82) is 0 Å². The van der Waals surface area contributed by atoms with Gasteiger partial charge in [-0.25, -0.2) is 9.97 Å². The van der Waals surface area contributed by atoms with Gasteiger partial charge < -0.3 is 4.74 Å². The molecule has 0 aliphatic heterocycles. The van der Waals surface area contributed by atoms with Gasteiger partial charge in [0.2, 0.25) is 5.28 Å². The van der Waals surface area contributed by atoms with Crippen LogP contribution in [0.3, 0.4) is 0 Å².